The Labute approximate surface area is 209 Å². The summed E-state index contributed by atoms with van der Waals surface area (Å²) in [6.07, 6.45) is 3.71. The van der Waals surface area contributed by atoms with Gasteiger partial charge in [-0.05, 0) is 54.5 Å². The largest absolute Gasteiger partial charge is 0.438 e. The molecule has 0 saturated carbocycles. The third-order valence-electron chi connectivity index (χ3n) is 5.38. The van der Waals surface area contributed by atoms with E-state index < -0.39 is 11.4 Å². The van der Waals surface area contributed by atoms with Gasteiger partial charge in [-0.2, -0.15) is 4.98 Å². The van der Waals surface area contributed by atoms with Gasteiger partial charge in [-0.15, -0.1) is 0 Å². The van der Waals surface area contributed by atoms with E-state index in [1.165, 1.54) is 39.6 Å². The number of rotatable bonds is 6. The second-order valence-corrected chi connectivity index (χ2v) is 9.37. The number of carbonyl (C=O) groups is 1. The number of hydrogen-bond donors (Lipinski definition) is 0. The number of fused-ring (bicyclic) bond motifs is 1. The van der Waals surface area contributed by atoms with Crippen LogP contribution in [0.2, 0.25) is 0 Å². The lowest BCUT2D eigenvalue weighted by Crippen LogP contribution is -2.30. The highest BCUT2D eigenvalue weighted by atomic mass is 32.2. The number of thiocarbonyl (C=S) groups is 1. The standard InChI is InChI=1S/C26H18FN3O3S2/c27-18-9-11-19(12-10-18)33-23-20(24(31)29-14-5-4-8-22(29)28-23)16-21-25(32)30(26(34)35-21)15-13-17-6-2-1-3-7-17/h1-12,14,16H,13,15H2/b21-16+. The number of benzene rings is 2. The van der Waals surface area contributed by atoms with Gasteiger partial charge in [-0.25, -0.2) is 4.39 Å². The number of nitrogens with zero attached hydrogens (tertiary/aromatic N) is 3. The molecule has 0 spiro atoms. The lowest BCUT2D eigenvalue weighted by atomic mass is 10.1. The van der Waals surface area contributed by atoms with E-state index in [1.54, 1.807) is 24.4 Å². The SMILES string of the molecule is O=C1/C(=C\c2c(Oc3ccc(F)cc3)nc3ccccn3c2=O)SC(=S)N1CCc1ccccc1. The first-order valence-corrected chi connectivity index (χ1v) is 12.0. The fourth-order valence-corrected chi connectivity index (χ4v) is 4.90. The van der Waals surface area contributed by atoms with Crippen LogP contribution >= 0.6 is 24.0 Å². The fraction of sp³-hybridized carbons (Fsp3) is 0.0769. The Bertz CT molecular complexity index is 1520. The quantitative estimate of drug-likeness (QED) is 0.270. The lowest BCUT2D eigenvalue weighted by Gasteiger charge is -2.14. The topological polar surface area (TPSA) is 63.9 Å². The number of halogens is 1. The Morgan fingerprint density at radius 1 is 1.00 bits per heavy atom. The third-order valence-corrected chi connectivity index (χ3v) is 6.76. The van der Waals surface area contributed by atoms with E-state index in [0.717, 1.165) is 17.3 Å². The van der Waals surface area contributed by atoms with E-state index in [4.69, 9.17) is 17.0 Å². The molecule has 174 valence electrons. The molecule has 0 radical (unpaired) electrons. The predicted octanol–water partition coefficient (Wildman–Crippen LogP) is 5.07. The van der Waals surface area contributed by atoms with Crippen molar-refractivity contribution in [2.24, 2.45) is 0 Å². The summed E-state index contributed by atoms with van der Waals surface area (Å²) in [6.45, 7) is 0.430. The van der Waals surface area contributed by atoms with Crippen LogP contribution in [0.3, 0.4) is 0 Å². The number of hydrogen-bond acceptors (Lipinski definition) is 6. The minimum atomic E-state index is -0.414. The second-order valence-electron chi connectivity index (χ2n) is 7.69. The van der Waals surface area contributed by atoms with Gasteiger partial charge >= 0.3 is 0 Å². The molecule has 35 heavy (non-hydrogen) atoms. The molecule has 9 heteroatoms. The van der Waals surface area contributed by atoms with Crippen molar-refractivity contribution in [1.82, 2.24) is 14.3 Å². The zero-order valence-electron chi connectivity index (χ0n) is 18.3. The van der Waals surface area contributed by atoms with E-state index in [9.17, 15) is 14.0 Å². The highest BCUT2D eigenvalue weighted by Gasteiger charge is 2.32. The van der Waals surface area contributed by atoms with Gasteiger partial charge in [0.2, 0.25) is 5.88 Å². The normalized spacial score (nSPS) is 14.8. The van der Waals surface area contributed by atoms with E-state index in [0.29, 0.717) is 33.6 Å². The molecule has 4 aromatic rings. The number of pyridine rings is 1. The maximum absolute atomic E-state index is 13.3. The summed E-state index contributed by atoms with van der Waals surface area (Å²) in [4.78, 5) is 32.8. The highest BCUT2D eigenvalue weighted by Crippen LogP contribution is 2.34. The molecule has 0 aliphatic carbocycles. The molecule has 0 bridgehead atoms. The van der Waals surface area contributed by atoms with Gasteiger partial charge < -0.3 is 4.74 Å². The van der Waals surface area contributed by atoms with Crippen molar-refractivity contribution in [2.75, 3.05) is 6.54 Å². The number of aromatic nitrogens is 2. The van der Waals surface area contributed by atoms with E-state index in [1.807, 2.05) is 30.3 Å². The van der Waals surface area contributed by atoms with Crippen molar-refractivity contribution in [3.8, 4) is 11.6 Å². The molecular formula is C26H18FN3O3S2. The molecule has 0 N–H and O–H groups in total. The van der Waals surface area contributed by atoms with Crippen LogP contribution < -0.4 is 10.3 Å². The summed E-state index contributed by atoms with van der Waals surface area (Å²) < 4.78 is 21.0. The summed E-state index contributed by atoms with van der Waals surface area (Å²) >= 11 is 6.58. The molecule has 1 fully saturated rings. The van der Waals surface area contributed by atoms with Gasteiger partial charge in [-0.3, -0.25) is 18.9 Å². The summed E-state index contributed by atoms with van der Waals surface area (Å²) in [7, 11) is 0. The third kappa shape index (κ3) is 4.87. The van der Waals surface area contributed by atoms with Crippen LogP contribution in [0.15, 0.2) is 88.7 Å². The molecule has 6 nitrogen and oxygen atoms in total. The molecule has 2 aromatic heterocycles. The van der Waals surface area contributed by atoms with Crippen LogP contribution in [-0.4, -0.2) is 31.1 Å². The summed E-state index contributed by atoms with van der Waals surface area (Å²) in [6, 6.07) is 20.3. The second kappa shape index (κ2) is 9.81. The zero-order valence-corrected chi connectivity index (χ0v) is 19.9. The molecule has 3 heterocycles. The van der Waals surface area contributed by atoms with Gasteiger partial charge in [0.05, 0.1) is 4.91 Å². The Morgan fingerprint density at radius 3 is 2.51 bits per heavy atom. The number of ether oxygens (including phenoxy) is 1. The Hall–Kier alpha value is -3.82. The Balaban J connectivity index is 1.50. The summed E-state index contributed by atoms with van der Waals surface area (Å²) in [5.74, 6) is -0.365. The Morgan fingerprint density at radius 2 is 1.74 bits per heavy atom. The van der Waals surface area contributed by atoms with Crippen LogP contribution in [0.4, 0.5) is 4.39 Å². The molecule has 1 saturated heterocycles. The molecule has 0 unspecified atom stereocenters. The first kappa shape index (κ1) is 22.9. The van der Waals surface area contributed by atoms with Gasteiger partial charge in [0.15, 0.2) is 0 Å². The average Bonchev–Trinajstić information content (AvgIpc) is 3.14. The molecular weight excluding hydrogens is 485 g/mol. The van der Waals surface area contributed by atoms with E-state index >= 15 is 0 Å². The lowest BCUT2D eigenvalue weighted by molar-refractivity contribution is -0.122. The maximum Gasteiger partial charge on any atom is 0.269 e. The Kier molecular flexibility index (Phi) is 6.43. The van der Waals surface area contributed by atoms with Crippen molar-refractivity contribution < 1.29 is 13.9 Å². The molecule has 2 aromatic carbocycles. The van der Waals surface area contributed by atoms with Crippen molar-refractivity contribution >= 4 is 45.9 Å². The van der Waals surface area contributed by atoms with Crippen molar-refractivity contribution in [2.45, 2.75) is 6.42 Å². The molecule has 1 aliphatic rings. The number of thioether (sulfide) groups is 1. The van der Waals surface area contributed by atoms with Crippen LogP contribution in [-0.2, 0) is 11.2 Å². The monoisotopic (exact) mass is 503 g/mol. The molecule has 5 rings (SSSR count). The van der Waals surface area contributed by atoms with Crippen LogP contribution in [0.1, 0.15) is 11.1 Å². The fourth-order valence-electron chi connectivity index (χ4n) is 3.61. The first-order valence-electron chi connectivity index (χ1n) is 10.7. The van der Waals surface area contributed by atoms with Gasteiger partial charge in [0, 0.05) is 12.7 Å². The highest BCUT2D eigenvalue weighted by molar-refractivity contribution is 8.26. The maximum atomic E-state index is 13.3. The van der Waals surface area contributed by atoms with Gasteiger partial charge in [0.1, 0.15) is 27.1 Å². The van der Waals surface area contributed by atoms with Crippen molar-refractivity contribution in [3.63, 3.8) is 0 Å². The molecule has 1 aliphatic heterocycles. The van der Waals surface area contributed by atoms with Crippen LogP contribution in [0, 0.1) is 5.82 Å². The summed E-state index contributed by atoms with van der Waals surface area (Å²) in [5.41, 5.74) is 1.17. The average molecular weight is 504 g/mol. The minimum absolute atomic E-state index is 0.0161. The predicted molar refractivity (Wildman–Crippen MR) is 138 cm³/mol. The zero-order chi connectivity index (χ0) is 24.4. The van der Waals surface area contributed by atoms with E-state index in [-0.39, 0.29) is 17.4 Å². The van der Waals surface area contributed by atoms with E-state index in [2.05, 4.69) is 4.98 Å². The summed E-state index contributed by atoms with van der Waals surface area (Å²) in [5, 5.41) is 0. The number of amides is 1. The molecule has 1 amide bonds. The van der Waals surface area contributed by atoms with Crippen molar-refractivity contribution in [3.05, 3.63) is 111 Å². The number of carbonyl (C=O) groups excluding carboxylic acids is 1. The van der Waals surface area contributed by atoms with Crippen molar-refractivity contribution in [1.29, 1.82) is 0 Å². The van der Waals surface area contributed by atoms with Gasteiger partial charge in [-0.1, -0.05) is 60.4 Å². The molecule has 0 atom stereocenters. The van der Waals surface area contributed by atoms with Crippen LogP contribution in [0.5, 0.6) is 11.6 Å². The van der Waals surface area contributed by atoms with Crippen LogP contribution in [0.25, 0.3) is 11.7 Å². The minimum Gasteiger partial charge on any atom is -0.438 e. The smallest absolute Gasteiger partial charge is 0.269 e. The first-order chi connectivity index (χ1) is 17.0. The van der Waals surface area contributed by atoms with Gasteiger partial charge in [0.25, 0.3) is 11.5 Å².